The lowest BCUT2D eigenvalue weighted by Gasteiger charge is -2.29. The summed E-state index contributed by atoms with van der Waals surface area (Å²) in [5.41, 5.74) is 1.41. The van der Waals surface area contributed by atoms with Crippen LogP contribution in [0.3, 0.4) is 0 Å². The topological polar surface area (TPSA) is 76.8 Å². The van der Waals surface area contributed by atoms with Gasteiger partial charge in [-0.3, -0.25) is 4.90 Å². The quantitative estimate of drug-likeness (QED) is 0.280. The van der Waals surface area contributed by atoms with Gasteiger partial charge in [-0.2, -0.15) is 0 Å². The summed E-state index contributed by atoms with van der Waals surface area (Å²) in [4.78, 5) is 19.6. The molecule has 1 aromatic heterocycles. The summed E-state index contributed by atoms with van der Waals surface area (Å²) in [5, 5.41) is 11.8. The summed E-state index contributed by atoms with van der Waals surface area (Å²) >= 11 is 0. The lowest BCUT2D eigenvalue weighted by Crippen LogP contribution is -2.37. The molecule has 1 atom stereocenters. The van der Waals surface area contributed by atoms with E-state index in [4.69, 9.17) is 14.5 Å². The number of hydrogen-bond donors (Lipinski definition) is 1. The fourth-order valence-electron chi connectivity index (χ4n) is 4.52. The summed E-state index contributed by atoms with van der Waals surface area (Å²) in [6, 6.07) is 12.5. The van der Waals surface area contributed by atoms with E-state index in [-0.39, 0.29) is 17.9 Å². The molecule has 1 saturated heterocycles. The molecule has 0 radical (unpaired) electrons. The summed E-state index contributed by atoms with van der Waals surface area (Å²) in [7, 11) is -1.22. The number of amides is 1. The summed E-state index contributed by atoms with van der Waals surface area (Å²) in [5.74, 6) is 1.08. The molecule has 0 saturated carbocycles. The number of likely N-dealkylation sites (tertiary alicyclic amines) is 1. The van der Waals surface area contributed by atoms with Gasteiger partial charge in [0.15, 0.2) is 0 Å². The zero-order chi connectivity index (χ0) is 26.1. The number of nitrogens with zero attached hydrogens (tertiary/aromatic N) is 3. The monoisotopic (exact) mass is 509 g/mol. The van der Waals surface area contributed by atoms with Crippen molar-refractivity contribution in [3.63, 3.8) is 0 Å². The van der Waals surface area contributed by atoms with E-state index in [2.05, 4.69) is 30.3 Å². The number of phenols is 1. The SMILES string of the molecule is CC(C)(C)OC(=O)N1CCC[C@H]1c1ncc(-c2ccc3cc(O)ccc3c2)n1COCC[Si](C)(C)C. The van der Waals surface area contributed by atoms with Gasteiger partial charge in [-0.05, 0) is 68.6 Å². The van der Waals surface area contributed by atoms with Crippen LogP contribution in [0.2, 0.25) is 25.7 Å². The fraction of sp³-hybridized carbons (Fsp3) is 0.500. The average Bonchev–Trinajstić information content (AvgIpc) is 3.41. The number of aromatic nitrogens is 2. The standard InChI is InChI=1S/C28H39N3O4Si/c1-28(2,3)35-27(33)30-13-7-8-24(30)26-29-18-25(31(26)19-34-14-15-36(4,5)6)22-10-9-21-17-23(32)12-11-20(21)16-22/h9-12,16-18,24,32H,7-8,13-15,19H2,1-6H3/t24-/m0/s1. The predicted octanol–water partition coefficient (Wildman–Crippen LogP) is 6.79. The van der Waals surface area contributed by atoms with Gasteiger partial charge in [0, 0.05) is 26.8 Å². The largest absolute Gasteiger partial charge is 0.508 e. The smallest absolute Gasteiger partial charge is 0.410 e. The predicted molar refractivity (Wildman–Crippen MR) is 146 cm³/mol. The third kappa shape index (κ3) is 6.28. The van der Waals surface area contributed by atoms with Gasteiger partial charge in [-0.1, -0.05) is 37.8 Å². The molecule has 194 valence electrons. The highest BCUT2D eigenvalue weighted by atomic mass is 28.3. The molecule has 2 aromatic carbocycles. The van der Waals surface area contributed by atoms with Crippen molar-refractivity contribution in [2.24, 2.45) is 0 Å². The minimum atomic E-state index is -1.22. The number of carbonyl (C=O) groups is 1. The summed E-state index contributed by atoms with van der Waals surface area (Å²) in [6.07, 6.45) is 3.32. The Hall–Kier alpha value is -2.84. The molecule has 7 nitrogen and oxygen atoms in total. The first-order chi connectivity index (χ1) is 16.9. The van der Waals surface area contributed by atoms with Crippen LogP contribution in [0.1, 0.15) is 45.5 Å². The molecule has 1 fully saturated rings. The van der Waals surface area contributed by atoms with E-state index in [9.17, 15) is 9.90 Å². The molecule has 3 aromatic rings. The van der Waals surface area contributed by atoms with Crippen LogP contribution in [0.25, 0.3) is 22.0 Å². The summed E-state index contributed by atoms with van der Waals surface area (Å²) < 4.78 is 14.0. The second kappa shape index (κ2) is 10.3. The van der Waals surface area contributed by atoms with Crippen molar-refractivity contribution >= 4 is 24.9 Å². The number of rotatable bonds is 7. The van der Waals surface area contributed by atoms with Crippen LogP contribution in [0.15, 0.2) is 42.6 Å². The molecule has 1 aliphatic rings. The highest BCUT2D eigenvalue weighted by Gasteiger charge is 2.36. The highest BCUT2D eigenvalue weighted by Crippen LogP contribution is 2.36. The van der Waals surface area contributed by atoms with E-state index in [0.717, 1.165) is 46.7 Å². The van der Waals surface area contributed by atoms with Gasteiger partial charge in [-0.15, -0.1) is 0 Å². The molecule has 8 heteroatoms. The molecule has 0 bridgehead atoms. The molecule has 0 spiro atoms. The number of aromatic hydroxyl groups is 1. The zero-order valence-electron chi connectivity index (χ0n) is 22.4. The van der Waals surface area contributed by atoms with Crippen molar-refractivity contribution in [1.82, 2.24) is 14.5 Å². The van der Waals surface area contributed by atoms with Crippen molar-refractivity contribution in [3.8, 4) is 17.0 Å². The van der Waals surface area contributed by atoms with E-state index in [0.29, 0.717) is 19.9 Å². The Labute approximate surface area is 215 Å². The first-order valence-electron chi connectivity index (χ1n) is 12.8. The van der Waals surface area contributed by atoms with Crippen LogP contribution in [-0.4, -0.2) is 52.5 Å². The maximum atomic E-state index is 13.0. The molecule has 2 heterocycles. The maximum absolute atomic E-state index is 13.0. The first-order valence-corrected chi connectivity index (χ1v) is 16.5. The molecule has 0 aliphatic carbocycles. The number of hydrogen-bond acceptors (Lipinski definition) is 5. The molecule has 1 aliphatic heterocycles. The van der Waals surface area contributed by atoms with Gasteiger partial charge in [0.1, 0.15) is 23.9 Å². The second-order valence-corrected chi connectivity index (χ2v) is 17.5. The second-order valence-electron chi connectivity index (χ2n) is 11.9. The Bertz CT molecular complexity index is 1230. The Kier molecular flexibility index (Phi) is 7.48. The fourth-order valence-corrected chi connectivity index (χ4v) is 5.28. The number of fused-ring (bicyclic) bond motifs is 1. The average molecular weight is 510 g/mol. The third-order valence-electron chi connectivity index (χ3n) is 6.40. The van der Waals surface area contributed by atoms with E-state index in [1.807, 2.05) is 45.2 Å². The number of ether oxygens (including phenoxy) is 2. The minimum Gasteiger partial charge on any atom is -0.508 e. The van der Waals surface area contributed by atoms with Crippen molar-refractivity contribution in [2.75, 3.05) is 13.2 Å². The highest BCUT2D eigenvalue weighted by molar-refractivity contribution is 6.76. The van der Waals surface area contributed by atoms with Crippen molar-refractivity contribution in [3.05, 3.63) is 48.4 Å². The van der Waals surface area contributed by atoms with Crippen LogP contribution in [0.4, 0.5) is 4.79 Å². The van der Waals surface area contributed by atoms with Crippen LogP contribution >= 0.6 is 0 Å². The molecule has 4 rings (SSSR count). The van der Waals surface area contributed by atoms with Crippen LogP contribution in [-0.2, 0) is 16.2 Å². The molecular weight excluding hydrogens is 470 g/mol. The van der Waals surface area contributed by atoms with Crippen molar-refractivity contribution in [1.29, 1.82) is 0 Å². The van der Waals surface area contributed by atoms with Crippen LogP contribution < -0.4 is 0 Å². The van der Waals surface area contributed by atoms with Gasteiger partial charge >= 0.3 is 6.09 Å². The molecule has 36 heavy (non-hydrogen) atoms. The van der Waals surface area contributed by atoms with E-state index < -0.39 is 13.7 Å². The first kappa shape index (κ1) is 26.2. The normalized spacial score (nSPS) is 16.6. The van der Waals surface area contributed by atoms with Gasteiger partial charge in [0.05, 0.1) is 17.9 Å². The number of imidazole rings is 1. The maximum Gasteiger partial charge on any atom is 0.410 e. The lowest BCUT2D eigenvalue weighted by molar-refractivity contribution is 0.0204. The van der Waals surface area contributed by atoms with Gasteiger partial charge < -0.3 is 19.1 Å². The van der Waals surface area contributed by atoms with E-state index in [1.165, 1.54) is 0 Å². The number of phenolic OH excluding ortho intramolecular Hbond substituents is 1. The lowest BCUT2D eigenvalue weighted by atomic mass is 10.0. The van der Waals surface area contributed by atoms with Crippen molar-refractivity contribution < 1.29 is 19.4 Å². The van der Waals surface area contributed by atoms with Gasteiger partial charge in [0.2, 0.25) is 0 Å². The Balaban J connectivity index is 1.68. The van der Waals surface area contributed by atoms with Crippen LogP contribution in [0, 0.1) is 0 Å². The minimum absolute atomic E-state index is 0.161. The molecule has 1 N–H and O–H groups in total. The number of carbonyl (C=O) groups excluding carboxylic acids is 1. The Morgan fingerprint density at radius 2 is 1.86 bits per heavy atom. The van der Waals surface area contributed by atoms with E-state index in [1.54, 1.807) is 17.0 Å². The summed E-state index contributed by atoms with van der Waals surface area (Å²) in [6.45, 7) is 14.4. The molecule has 1 amide bonds. The zero-order valence-corrected chi connectivity index (χ0v) is 23.4. The third-order valence-corrected chi connectivity index (χ3v) is 8.11. The molecule has 0 unspecified atom stereocenters. The van der Waals surface area contributed by atoms with Crippen molar-refractivity contribution in [2.45, 2.75) is 77.7 Å². The van der Waals surface area contributed by atoms with Gasteiger partial charge in [-0.25, -0.2) is 9.78 Å². The molecular formula is C28H39N3O4Si. The Morgan fingerprint density at radius 1 is 1.14 bits per heavy atom. The van der Waals surface area contributed by atoms with Crippen LogP contribution in [0.5, 0.6) is 5.75 Å². The Morgan fingerprint density at radius 3 is 2.58 bits per heavy atom. The van der Waals surface area contributed by atoms with E-state index >= 15 is 0 Å². The van der Waals surface area contributed by atoms with Gasteiger partial charge in [0.25, 0.3) is 0 Å². The number of benzene rings is 2.